The summed E-state index contributed by atoms with van der Waals surface area (Å²) in [5.74, 6) is 1.25. The molecule has 0 radical (unpaired) electrons. The van der Waals surface area contributed by atoms with Crippen LogP contribution >= 0.6 is 0 Å². The number of hydrogen-bond donors (Lipinski definition) is 2. The summed E-state index contributed by atoms with van der Waals surface area (Å²) in [6, 6.07) is 9.86. The normalized spacial score (nSPS) is 12.4. The van der Waals surface area contributed by atoms with Crippen molar-refractivity contribution in [1.29, 1.82) is 0 Å². The lowest BCUT2D eigenvalue weighted by Gasteiger charge is -2.06. The Kier molecular flexibility index (Phi) is 3.51. The summed E-state index contributed by atoms with van der Waals surface area (Å²) in [6.07, 6.45) is 2.99. The van der Waals surface area contributed by atoms with Gasteiger partial charge in [0.1, 0.15) is 6.33 Å². The summed E-state index contributed by atoms with van der Waals surface area (Å²) in [4.78, 5) is 8.19. The zero-order chi connectivity index (χ0) is 13.8. The average molecular weight is 270 g/mol. The number of hydrogen-bond acceptors (Lipinski definition) is 6. The molecule has 0 spiro atoms. The van der Waals surface area contributed by atoms with E-state index in [2.05, 4.69) is 37.5 Å². The van der Waals surface area contributed by atoms with Gasteiger partial charge in [-0.05, 0) is 18.4 Å². The zero-order valence-corrected chi connectivity index (χ0v) is 10.7. The fourth-order valence-corrected chi connectivity index (χ4v) is 1.89. The first-order chi connectivity index (χ1) is 9.83. The van der Waals surface area contributed by atoms with Gasteiger partial charge in [-0.15, -0.1) is 0 Å². The number of aromatic nitrogens is 5. The van der Waals surface area contributed by atoms with Crippen molar-refractivity contribution in [1.82, 2.24) is 25.3 Å². The second-order valence-electron chi connectivity index (χ2n) is 4.42. The van der Waals surface area contributed by atoms with E-state index in [9.17, 15) is 0 Å². The highest BCUT2D eigenvalue weighted by Crippen LogP contribution is 2.17. The minimum Gasteiger partial charge on any atom is -0.337 e. The van der Waals surface area contributed by atoms with Gasteiger partial charge < -0.3 is 10.3 Å². The molecule has 0 saturated carbocycles. The number of nitrogens with two attached hydrogens (primary N) is 1. The van der Waals surface area contributed by atoms with E-state index in [1.54, 1.807) is 0 Å². The molecule has 1 aromatic carbocycles. The van der Waals surface area contributed by atoms with Crippen molar-refractivity contribution in [3.05, 3.63) is 48.1 Å². The molecular formula is C13H14N6O. The lowest BCUT2D eigenvalue weighted by molar-refractivity contribution is 0.349. The maximum absolute atomic E-state index is 6.07. The third kappa shape index (κ3) is 2.72. The Morgan fingerprint density at radius 3 is 2.85 bits per heavy atom. The Labute approximate surface area is 115 Å². The molecule has 0 aliphatic heterocycles. The number of aromatic amines is 1. The molecule has 2 heterocycles. The molecule has 7 nitrogen and oxygen atoms in total. The van der Waals surface area contributed by atoms with E-state index in [1.165, 1.54) is 11.9 Å². The molecule has 0 aliphatic rings. The standard InChI is InChI=1S/C13H14N6O/c14-10(7-6-9-4-2-1-3-5-9)13-17-12(19-20-13)11-15-8-16-18-11/h1-5,8,10H,6-7,14H2,(H,15,16,18)/t10-/m0/s1. The smallest absolute Gasteiger partial charge is 0.243 e. The number of nitrogens with one attached hydrogen (secondary N) is 1. The Hall–Kier alpha value is -2.54. The largest absolute Gasteiger partial charge is 0.337 e. The summed E-state index contributed by atoms with van der Waals surface area (Å²) >= 11 is 0. The molecule has 102 valence electrons. The molecule has 0 amide bonds. The predicted molar refractivity (Wildman–Crippen MR) is 71.4 cm³/mol. The topological polar surface area (TPSA) is 107 Å². The van der Waals surface area contributed by atoms with E-state index < -0.39 is 0 Å². The lowest BCUT2D eigenvalue weighted by atomic mass is 10.1. The summed E-state index contributed by atoms with van der Waals surface area (Å²) < 4.78 is 5.16. The predicted octanol–water partition coefficient (Wildman–Crippen LogP) is 1.49. The fourth-order valence-electron chi connectivity index (χ4n) is 1.89. The molecule has 0 aliphatic carbocycles. The molecular weight excluding hydrogens is 256 g/mol. The highest BCUT2D eigenvalue weighted by Gasteiger charge is 2.16. The van der Waals surface area contributed by atoms with Gasteiger partial charge in [0.05, 0.1) is 6.04 Å². The van der Waals surface area contributed by atoms with Crippen LogP contribution in [0.4, 0.5) is 0 Å². The van der Waals surface area contributed by atoms with Crippen molar-refractivity contribution in [2.24, 2.45) is 5.73 Å². The van der Waals surface area contributed by atoms with Crippen LogP contribution in [0.15, 0.2) is 41.2 Å². The minimum atomic E-state index is -0.292. The monoisotopic (exact) mass is 270 g/mol. The number of H-pyrrole nitrogens is 1. The summed E-state index contributed by atoms with van der Waals surface area (Å²) in [5.41, 5.74) is 7.30. The highest BCUT2D eigenvalue weighted by atomic mass is 16.5. The third-order valence-electron chi connectivity index (χ3n) is 2.97. The quantitative estimate of drug-likeness (QED) is 0.727. The van der Waals surface area contributed by atoms with Gasteiger partial charge in [0.25, 0.3) is 0 Å². The van der Waals surface area contributed by atoms with Crippen LogP contribution < -0.4 is 5.73 Å². The lowest BCUT2D eigenvalue weighted by Crippen LogP contribution is -2.11. The van der Waals surface area contributed by atoms with Gasteiger partial charge in [-0.2, -0.15) is 10.1 Å². The molecule has 0 saturated heterocycles. The van der Waals surface area contributed by atoms with E-state index >= 15 is 0 Å². The van der Waals surface area contributed by atoms with Gasteiger partial charge in [-0.3, -0.25) is 5.10 Å². The molecule has 0 fully saturated rings. The molecule has 1 atom stereocenters. The highest BCUT2D eigenvalue weighted by molar-refractivity contribution is 5.39. The molecule has 3 N–H and O–H groups in total. The van der Waals surface area contributed by atoms with E-state index in [1.807, 2.05) is 18.2 Å². The Morgan fingerprint density at radius 1 is 1.25 bits per heavy atom. The van der Waals surface area contributed by atoms with Gasteiger partial charge in [0.15, 0.2) is 5.82 Å². The van der Waals surface area contributed by atoms with Crippen LogP contribution in [0.3, 0.4) is 0 Å². The minimum absolute atomic E-state index is 0.292. The maximum atomic E-state index is 6.07. The van der Waals surface area contributed by atoms with Crippen molar-refractivity contribution in [3.8, 4) is 11.6 Å². The van der Waals surface area contributed by atoms with Gasteiger partial charge in [0, 0.05) is 0 Å². The molecule has 3 aromatic rings. The Morgan fingerprint density at radius 2 is 2.10 bits per heavy atom. The molecule has 7 heteroatoms. The zero-order valence-electron chi connectivity index (χ0n) is 10.7. The van der Waals surface area contributed by atoms with Gasteiger partial charge in [0.2, 0.25) is 11.7 Å². The molecule has 20 heavy (non-hydrogen) atoms. The van der Waals surface area contributed by atoms with Gasteiger partial charge in [-0.1, -0.05) is 35.5 Å². The van der Waals surface area contributed by atoms with E-state index in [4.69, 9.17) is 10.3 Å². The summed E-state index contributed by atoms with van der Waals surface area (Å²) in [6.45, 7) is 0. The molecule has 2 aromatic heterocycles. The second kappa shape index (κ2) is 5.62. The molecule has 0 bridgehead atoms. The third-order valence-corrected chi connectivity index (χ3v) is 2.97. The maximum Gasteiger partial charge on any atom is 0.243 e. The van der Waals surface area contributed by atoms with Crippen molar-refractivity contribution < 1.29 is 4.52 Å². The Balaban J connectivity index is 1.64. The Bertz CT molecular complexity index is 649. The summed E-state index contributed by atoms with van der Waals surface area (Å²) in [5, 5.41) is 10.3. The van der Waals surface area contributed by atoms with Crippen LogP contribution in [0.25, 0.3) is 11.6 Å². The molecule has 0 unspecified atom stereocenters. The van der Waals surface area contributed by atoms with E-state index in [0.717, 1.165) is 12.8 Å². The van der Waals surface area contributed by atoms with Crippen LogP contribution in [0, 0.1) is 0 Å². The van der Waals surface area contributed by atoms with Crippen molar-refractivity contribution in [2.75, 3.05) is 0 Å². The number of benzene rings is 1. The van der Waals surface area contributed by atoms with Crippen molar-refractivity contribution >= 4 is 0 Å². The van der Waals surface area contributed by atoms with Crippen LogP contribution in [0.1, 0.15) is 23.9 Å². The van der Waals surface area contributed by atoms with Crippen molar-refractivity contribution in [3.63, 3.8) is 0 Å². The SMILES string of the molecule is N[C@@H](CCc1ccccc1)c1nc(-c2ncn[nH]2)no1. The van der Waals surface area contributed by atoms with Crippen LogP contribution in [0.2, 0.25) is 0 Å². The van der Waals surface area contributed by atoms with Crippen LogP contribution in [0.5, 0.6) is 0 Å². The number of nitrogens with zero attached hydrogens (tertiary/aromatic N) is 4. The van der Waals surface area contributed by atoms with Crippen LogP contribution in [-0.4, -0.2) is 25.3 Å². The van der Waals surface area contributed by atoms with Crippen molar-refractivity contribution in [2.45, 2.75) is 18.9 Å². The molecule has 3 rings (SSSR count). The number of rotatable bonds is 5. The average Bonchev–Trinajstić information content (AvgIpc) is 3.16. The van der Waals surface area contributed by atoms with Gasteiger partial charge in [-0.25, -0.2) is 4.98 Å². The number of aryl methyl sites for hydroxylation is 1. The summed E-state index contributed by atoms with van der Waals surface area (Å²) in [7, 11) is 0. The first-order valence-electron chi connectivity index (χ1n) is 6.32. The van der Waals surface area contributed by atoms with E-state index in [0.29, 0.717) is 17.5 Å². The fraction of sp³-hybridized carbons (Fsp3) is 0.231. The van der Waals surface area contributed by atoms with Crippen LogP contribution in [-0.2, 0) is 6.42 Å². The van der Waals surface area contributed by atoms with Gasteiger partial charge >= 0.3 is 0 Å². The second-order valence-corrected chi connectivity index (χ2v) is 4.42. The first-order valence-corrected chi connectivity index (χ1v) is 6.32. The van der Waals surface area contributed by atoms with E-state index in [-0.39, 0.29) is 6.04 Å². The first kappa shape index (κ1) is 12.5.